The maximum Gasteiger partial charge on any atom is 0.307 e. The van der Waals surface area contributed by atoms with Crippen molar-refractivity contribution in [1.29, 1.82) is 5.26 Å². The molecule has 0 unspecified atom stereocenters. The van der Waals surface area contributed by atoms with Gasteiger partial charge in [-0.1, -0.05) is 24.3 Å². The van der Waals surface area contributed by atoms with Crippen LogP contribution in [0.15, 0.2) is 48.5 Å². The quantitative estimate of drug-likeness (QED) is 0.872. The van der Waals surface area contributed by atoms with E-state index in [0.717, 1.165) is 16.8 Å². The molecule has 0 aliphatic carbocycles. The van der Waals surface area contributed by atoms with Crippen LogP contribution in [0.2, 0.25) is 0 Å². The molecule has 2 aromatic carbocycles. The van der Waals surface area contributed by atoms with Gasteiger partial charge in [0.25, 0.3) is 0 Å². The van der Waals surface area contributed by atoms with Crippen molar-refractivity contribution in [2.24, 2.45) is 0 Å². The molecule has 0 heterocycles. The molecule has 0 fully saturated rings. The standard InChI is InChI=1S/C16H14N2O2/c17-10-12-5-7-15(8-6-12)18-11-14-4-2-1-3-13(14)9-16(19)20/h1-8,18H,9,11H2,(H,19,20). The molecule has 4 heteroatoms. The van der Waals surface area contributed by atoms with Crippen LogP contribution in [0.25, 0.3) is 0 Å². The number of nitrogens with zero attached hydrogens (tertiary/aromatic N) is 1. The molecule has 0 atom stereocenters. The van der Waals surface area contributed by atoms with Crippen LogP contribution in [0.1, 0.15) is 16.7 Å². The summed E-state index contributed by atoms with van der Waals surface area (Å²) in [7, 11) is 0. The smallest absolute Gasteiger partial charge is 0.307 e. The summed E-state index contributed by atoms with van der Waals surface area (Å²) in [6.07, 6.45) is 0.0191. The van der Waals surface area contributed by atoms with Crippen molar-refractivity contribution in [2.75, 3.05) is 5.32 Å². The number of benzene rings is 2. The number of nitrogens with one attached hydrogen (secondary N) is 1. The Hall–Kier alpha value is -2.80. The third-order valence-corrected chi connectivity index (χ3v) is 2.96. The van der Waals surface area contributed by atoms with E-state index in [-0.39, 0.29) is 6.42 Å². The summed E-state index contributed by atoms with van der Waals surface area (Å²) >= 11 is 0. The first-order valence-electron chi connectivity index (χ1n) is 6.21. The number of rotatable bonds is 5. The van der Waals surface area contributed by atoms with Gasteiger partial charge >= 0.3 is 5.97 Å². The molecule has 2 N–H and O–H groups in total. The predicted molar refractivity (Wildman–Crippen MR) is 76.3 cm³/mol. The van der Waals surface area contributed by atoms with Gasteiger partial charge in [0.05, 0.1) is 18.1 Å². The van der Waals surface area contributed by atoms with E-state index in [4.69, 9.17) is 10.4 Å². The summed E-state index contributed by atoms with van der Waals surface area (Å²) in [4.78, 5) is 10.8. The molecule has 100 valence electrons. The van der Waals surface area contributed by atoms with Crippen LogP contribution in [-0.2, 0) is 17.8 Å². The largest absolute Gasteiger partial charge is 0.481 e. The van der Waals surface area contributed by atoms with E-state index >= 15 is 0 Å². The average molecular weight is 266 g/mol. The van der Waals surface area contributed by atoms with Crippen LogP contribution >= 0.6 is 0 Å². The molecule has 0 aromatic heterocycles. The summed E-state index contributed by atoms with van der Waals surface area (Å²) in [5.41, 5.74) is 3.27. The van der Waals surface area contributed by atoms with Crippen LogP contribution < -0.4 is 5.32 Å². The first-order chi connectivity index (χ1) is 9.69. The fraction of sp³-hybridized carbons (Fsp3) is 0.125. The molecule has 2 rings (SSSR count). The fourth-order valence-electron chi connectivity index (χ4n) is 1.93. The van der Waals surface area contributed by atoms with Crippen molar-refractivity contribution in [3.63, 3.8) is 0 Å². The van der Waals surface area contributed by atoms with Gasteiger partial charge in [-0.3, -0.25) is 4.79 Å². The Morgan fingerprint density at radius 1 is 1.10 bits per heavy atom. The Balaban J connectivity index is 2.06. The molecule has 2 aromatic rings. The molecular formula is C16H14N2O2. The Labute approximate surface area is 117 Å². The van der Waals surface area contributed by atoms with Gasteiger partial charge in [0.15, 0.2) is 0 Å². The van der Waals surface area contributed by atoms with Gasteiger partial charge in [-0.15, -0.1) is 0 Å². The molecule has 0 amide bonds. The SMILES string of the molecule is N#Cc1ccc(NCc2ccccc2CC(=O)O)cc1. The lowest BCUT2D eigenvalue weighted by Crippen LogP contribution is -2.07. The van der Waals surface area contributed by atoms with Crippen LogP contribution in [-0.4, -0.2) is 11.1 Å². The highest BCUT2D eigenvalue weighted by molar-refractivity contribution is 5.70. The minimum Gasteiger partial charge on any atom is -0.481 e. The van der Waals surface area contributed by atoms with E-state index in [1.54, 1.807) is 12.1 Å². The highest BCUT2D eigenvalue weighted by Crippen LogP contribution is 2.14. The topological polar surface area (TPSA) is 73.1 Å². The molecular weight excluding hydrogens is 252 g/mol. The molecule has 0 bridgehead atoms. The van der Waals surface area contributed by atoms with Gasteiger partial charge in [0, 0.05) is 12.2 Å². The molecule has 0 saturated heterocycles. The molecule has 0 spiro atoms. The van der Waals surface area contributed by atoms with Crippen molar-refractivity contribution < 1.29 is 9.90 Å². The van der Waals surface area contributed by atoms with E-state index < -0.39 is 5.97 Å². The molecule has 4 nitrogen and oxygen atoms in total. The van der Waals surface area contributed by atoms with Gasteiger partial charge in [0.1, 0.15) is 0 Å². The number of carbonyl (C=O) groups is 1. The normalized spacial score (nSPS) is 9.75. The van der Waals surface area contributed by atoms with Gasteiger partial charge in [0.2, 0.25) is 0 Å². The third kappa shape index (κ3) is 3.59. The monoisotopic (exact) mass is 266 g/mol. The van der Waals surface area contributed by atoms with Gasteiger partial charge in [-0.2, -0.15) is 5.26 Å². The van der Waals surface area contributed by atoms with Crippen LogP contribution in [0.5, 0.6) is 0 Å². The first-order valence-corrected chi connectivity index (χ1v) is 6.21. The minimum absolute atomic E-state index is 0.0191. The van der Waals surface area contributed by atoms with Crippen molar-refractivity contribution in [1.82, 2.24) is 0 Å². The van der Waals surface area contributed by atoms with Crippen molar-refractivity contribution >= 4 is 11.7 Å². The Bertz CT molecular complexity index is 642. The number of carboxylic acids is 1. The van der Waals surface area contributed by atoms with Crippen molar-refractivity contribution in [3.8, 4) is 6.07 Å². The van der Waals surface area contributed by atoms with Crippen LogP contribution in [0.4, 0.5) is 5.69 Å². The van der Waals surface area contributed by atoms with E-state index in [9.17, 15) is 4.79 Å². The number of anilines is 1. The maximum absolute atomic E-state index is 10.8. The first kappa shape index (κ1) is 13.6. The third-order valence-electron chi connectivity index (χ3n) is 2.96. The predicted octanol–water partition coefficient (Wildman–Crippen LogP) is 2.80. The van der Waals surface area contributed by atoms with E-state index in [0.29, 0.717) is 12.1 Å². The second kappa shape index (κ2) is 6.39. The zero-order chi connectivity index (χ0) is 14.4. The Morgan fingerprint density at radius 3 is 2.35 bits per heavy atom. The Morgan fingerprint density at radius 2 is 1.75 bits per heavy atom. The second-order valence-electron chi connectivity index (χ2n) is 4.38. The van der Waals surface area contributed by atoms with E-state index in [1.807, 2.05) is 36.4 Å². The summed E-state index contributed by atoms with van der Waals surface area (Å²) < 4.78 is 0. The molecule has 0 aliphatic rings. The van der Waals surface area contributed by atoms with Crippen molar-refractivity contribution in [2.45, 2.75) is 13.0 Å². The lowest BCUT2D eigenvalue weighted by molar-refractivity contribution is -0.136. The molecule has 20 heavy (non-hydrogen) atoms. The summed E-state index contributed by atoms with van der Waals surface area (Å²) in [5.74, 6) is -0.837. The Kier molecular flexibility index (Phi) is 4.35. The second-order valence-corrected chi connectivity index (χ2v) is 4.38. The summed E-state index contributed by atoms with van der Waals surface area (Å²) in [6, 6.07) is 16.7. The summed E-state index contributed by atoms with van der Waals surface area (Å²) in [5, 5.41) is 20.8. The molecule has 0 aliphatic heterocycles. The zero-order valence-electron chi connectivity index (χ0n) is 10.8. The van der Waals surface area contributed by atoms with Crippen LogP contribution in [0.3, 0.4) is 0 Å². The number of aliphatic carboxylic acids is 1. The maximum atomic E-state index is 10.8. The van der Waals surface area contributed by atoms with Gasteiger partial charge in [-0.05, 0) is 35.4 Å². The minimum atomic E-state index is -0.837. The van der Waals surface area contributed by atoms with E-state index in [2.05, 4.69) is 11.4 Å². The van der Waals surface area contributed by atoms with Gasteiger partial charge in [-0.25, -0.2) is 0 Å². The van der Waals surface area contributed by atoms with Gasteiger partial charge < -0.3 is 10.4 Å². The molecule has 0 saturated carbocycles. The lowest BCUT2D eigenvalue weighted by atomic mass is 10.0. The number of nitriles is 1. The van der Waals surface area contributed by atoms with Crippen LogP contribution in [0, 0.1) is 11.3 Å². The van der Waals surface area contributed by atoms with E-state index in [1.165, 1.54) is 0 Å². The summed E-state index contributed by atoms with van der Waals surface area (Å²) in [6.45, 7) is 0.551. The zero-order valence-corrected chi connectivity index (χ0v) is 10.8. The number of carboxylic acid groups (broad SMARTS) is 1. The van der Waals surface area contributed by atoms with Crippen molar-refractivity contribution in [3.05, 3.63) is 65.2 Å². The highest BCUT2D eigenvalue weighted by Gasteiger charge is 2.05. The highest BCUT2D eigenvalue weighted by atomic mass is 16.4. The molecule has 0 radical (unpaired) electrons. The average Bonchev–Trinajstić information content (AvgIpc) is 2.46. The number of hydrogen-bond acceptors (Lipinski definition) is 3. The fourth-order valence-corrected chi connectivity index (χ4v) is 1.93. The lowest BCUT2D eigenvalue weighted by Gasteiger charge is -2.10. The number of hydrogen-bond donors (Lipinski definition) is 2.